The Morgan fingerprint density at radius 1 is 1.25 bits per heavy atom. The minimum absolute atomic E-state index is 0.602. The van der Waals surface area contributed by atoms with Crippen molar-refractivity contribution in [2.45, 2.75) is 23.4 Å². The molecule has 3 aromatic rings. The Morgan fingerprint density at radius 3 is 3.00 bits per heavy atom. The molecule has 0 aliphatic heterocycles. The lowest BCUT2D eigenvalue weighted by molar-refractivity contribution is 0.943. The van der Waals surface area contributed by atoms with Crippen LogP contribution in [0.15, 0.2) is 40.8 Å². The van der Waals surface area contributed by atoms with E-state index in [0.29, 0.717) is 11.6 Å². The van der Waals surface area contributed by atoms with E-state index in [1.165, 1.54) is 11.8 Å². The van der Waals surface area contributed by atoms with Crippen LogP contribution in [0.2, 0.25) is 0 Å². The second-order valence-corrected chi connectivity index (χ2v) is 5.16. The quantitative estimate of drug-likeness (QED) is 0.702. The van der Waals surface area contributed by atoms with Crippen molar-refractivity contribution in [2.75, 3.05) is 11.9 Å². The van der Waals surface area contributed by atoms with E-state index in [9.17, 15) is 0 Å². The Bertz CT molecular complexity index is 696. The van der Waals surface area contributed by atoms with Gasteiger partial charge in [0.05, 0.1) is 6.33 Å². The van der Waals surface area contributed by atoms with Crippen LogP contribution in [0.4, 0.5) is 5.95 Å². The number of fused-ring (bicyclic) bond motifs is 1. The number of hydrogen-bond acceptors (Lipinski definition) is 6. The molecule has 0 aliphatic carbocycles. The highest BCUT2D eigenvalue weighted by Crippen LogP contribution is 2.29. The molecule has 2 N–H and O–H groups in total. The van der Waals surface area contributed by atoms with E-state index in [1.54, 1.807) is 12.5 Å². The van der Waals surface area contributed by atoms with E-state index < -0.39 is 0 Å². The Morgan fingerprint density at radius 2 is 2.20 bits per heavy atom. The average Bonchev–Trinajstić information content (AvgIpc) is 2.95. The summed E-state index contributed by atoms with van der Waals surface area (Å²) in [5.74, 6) is 0.602. The minimum atomic E-state index is 0.602. The second kappa shape index (κ2) is 5.87. The van der Waals surface area contributed by atoms with Crippen LogP contribution in [0.25, 0.3) is 11.2 Å². The van der Waals surface area contributed by atoms with Crippen molar-refractivity contribution in [3.8, 4) is 0 Å². The molecular weight excluding hydrogens is 272 g/mol. The predicted molar refractivity (Wildman–Crippen MR) is 78.8 cm³/mol. The van der Waals surface area contributed by atoms with E-state index in [4.69, 9.17) is 0 Å². The number of nitrogens with one attached hydrogen (secondary N) is 2. The highest BCUT2D eigenvalue weighted by atomic mass is 32.2. The molecule has 3 aromatic heterocycles. The molecule has 0 fully saturated rings. The SMILES string of the molecule is CCCNc1nc(Sc2ccccn2)c2[nH]cnc2n1. The van der Waals surface area contributed by atoms with E-state index in [-0.39, 0.29) is 0 Å². The smallest absolute Gasteiger partial charge is 0.225 e. The van der Waals surface area contributed by atoms with Crippen molar-refractivity contribution in [3.05, 3.63) is 30.7 Å². The minimum Gasteiger partial charge on any atom is -0.354 e. The van der Waals surface area contributed by atoms with Gasteiger partial charge in [0.25, 0.3) is 0 Å². The van der Waals surface area contributed by atoms with Gasteiger partial charge in [-0.25, -0.2) is 15.0 Å². The highest BCUT2D eigenvalue weighted by Gasteiger charge is 2.11. The number of imidazole rings is 1. The van der Waals surface area contributed by atoms with Crippen LogP contribution >= 0.6 is 11.8 Å². The third-order valence-electron chi connectivity index (χ3n) is 2.62. The number of anilines is 1. The fraction of sp³-hybridized carbons (Fsp3) is 0.231. The summed E-state index contributed by atoms with van der Waals surface area (Å²) in [6.45, 7) is 2.94. The maximum Gasteiger partial charge on any atom is 0.225 e. The number of nitrogens with zero attached hydrogens (tertiary/aromatic N) is 4. The lowest BCUT2D eigenvalue weighted by atomic mass is 10.5. The van der Waals surface area contributed by atoms with Crippen LogP contribution < -0.4 is 5.32 Å². The van der Waals surface area contributed by atoms with Gasteiger partial charge in [0.1, 0.15) is 15.6 Å². The first-order valence-corrected chi connectivity index (χ1v) is 7.22. The number of rotatable bonds is 5. The van der Waals surface area contributed by atoms with Crippen LogP contribution in [0.5, 0.6) is 0 Å². The molecule has 0 saturated carbocycles. The first kappa shape index (κ1) is 12.9. The summed E-state index contributed by atoms with van der Waals surface area (Å²) < 4.78 is 0. The molecular formula is C13H14N6S. The van der Waals surface area contributed by atoms with Crippen LogP contribution in [-0.4, -0.2) is 31.5 Å². The fourth-order valence-corrected chi connectivity index (χ4v) is 2.55. The van der Waals surface area contributed by atoms with Gasteiger partial charge in [0.2, 0.25) is 5.95 Å². The van der Waals surface area contributed by atoms with Gasteiger partial charge in [-0.15, -0.1) is 0 Å². The normalized spacial score (nSPS) is 10.8. The second-order valence-electron chi connectivity index (χ2n) is 4.15. The predicted octanol–water partition coefficient (Wildman–Crippen LogP) is 2.72. The summed E-state index contributed by atoms with van der Waals surface area (Å²) in [4.78, 5) is 20.5. The number of aromatic amines is 1. The third-order valence-corrected chi connectivity index (χ3v) is 3.56. The van der Waals surface area contributed by atoms with Gasteiger partial charge in [-0.1, -0.05) is 13.0 Å². The van der Waals surface area contributed by atoms with Gasteiger partial charge in [-0.2, -0.15) is 4.98 Å². The molecule has 0 amide bonds. The molecule has 0 aromatic carbocycles. The van der Waals surface area contributed by atoms with Crippen LogP contribution in [0.3, 0.4) is 0 Å². The van der Waals surface area contributed by atoms with E-state index in [1.807, 2.05) is 18.2 Å². The zero-order chi connectivity index (χ0) is 13.8. The first-order chi connectivity index (χ1) is 9.86. The average molecular weight is 286 g/mol. The zero-order valence-electron chi connectivity index (χ0n) is 11.0. The molecule has 6 nitrogen and oxygen atoms in total. The summed E-state index contributed by atoms with van der Waals surface area (Å²) in [6.07, 6.45) is 4.42. The number of aromatic nitrogens is 5. The topological polar surface area (TPSA) is 79.4 Å². The van der Waals surface area contributed by atoms with Crippen LogP contribution in [-0.2, 0) is 0 Å². The largest absolute Gasteiger partial charge is 0.354 e. The molecule has 102 valence electrons. The Labute approximate surface area is 120 Å². The molecule has 3 heterocycles. The van der Waals surface area contributed by atoms with E-state index >= 15 is 0 Å². The van der Waals surface area contributed by atoms with Gasteiger partial charge in [0, 0.05) is 12.7 Å². The van der Waals surface area contributed by atoms with Gasteiger partial charge < -0.3 is 10.3 Å². The summed E-state index contributed by atoms with van der Waals surface area (Å²) in [5.41, 5.74) is 1.50. The van der Waals surface area contributed by atoms with Crippen LogP contribution in [0.1, 0.15) is 13.3 Å². The van der Waals surface area contributed by atoms with E-state index in [2.05, 4.69) is 37.2 Å². The first-order valence-electron chi connectivity index (χ1n) is 6.40. The lowest BCUT2D eigenvalue weighted by Gasteiger charge is -2.06. The molecule has 0 bridgehead atoms. The fourth-order valence-electron chi connectivity index (χ4n) is 1.70. The molecule has 20 heavy (non-hydrogen) atoms. The summed E-state index contributed by atoms with van der Waals surface area (Å²) >= 11 is 1.50. The maximum absolute atomic E-state index is 4.54. The van der Waals surface area contributed by atoms with Gasteiger partial charge in [-0.3, -0.25) is 0 Å². The van der Waals surface area contributed by atoms with Crippen molar-refractivity contribution in [2.24, 2.45) is 0 Å². The standard InChI is InChI=1S/C13H14N6S/c1-2-6-15-13-18-11-10(16-8-17-11)12(19-13)20-9-5-3-4-7-14-9/h3-5,7-8H,2,6H2,1H3,(H2,15,16,17,18,19). The van der Waals surface area contributed by atoms with Crippen molar-refractivity contribution in [1.82, 2.24) is 24.9 Å². The van der Waals surface area contributed by atoms with Crippen LogP contribution in [0, 0.1) is 0 Å². The molecule has 0 radical (unpaired) electrons. The van der Waals surface area contributed by atoms with Crippen molar-refractivity contribution in [1.29, 1.82) is 0 Å². The molecule has 0 spiro atoms. The Hall–Kier alpha value is -2.15. The monoisotopic (exact) mass is 286 g/mol. The molecule has 3 rings (SSSR count). The lowest BCUT2D eigenvalue weighted by Crippen LogP contribution is -2.05. The van der Waals surface area contributed by atoms with Crippen molar-refractivity contribution in [3.63, 3.8) is 0 Å². The highest BCUT2D eigenvalue weighted by molar-refractivity contribution is 7.99. The Balaban J connectivity index is 1.97. The molecule has 0 atom stereocenters. The molecule has 7 heteroatoms. The van der Waals surface area contributed by atoms with Crippen molar-refractivity contribution < 1.29 is 0 Å². The molecule has 0 saturated heterocycles. The molecule has 0 aliphatic rings. The maximum atomic E-state index is 4.54. The summed E-state index contributed by atoms with van der Waals surface area (Å²) in [7, 11) is 0. The van der Waals surface area contributed by atoms with Gasteiger partial charge in [0.15, 0.2) is 5.65 Å². The molecule has 0 unspecified atom stereocenters. The van der Waals surface area contributed by atoms with E-state index in [0.717, 1.165) is 28.5 Å². The van der Waals surface area contributed by atoms with Gasteiger partial charge >= 0.3 is 0 Å². The van der Waals surface area contributed by atoms with Crippen molar-refractivity contribution >= 4 is 28.9 Å². The third kappa shape index (κ3) is 2.72. The van der Waals surface area contributed by atoms with Gasteiger partial charge in [-0.05, 0) is 30.3 Å². The number of hydrogen-bond donors (Lipinski definition) is 2. The number of pyridine rings is 1. The summed E-state index contributed by atoms with van der Waals surface area (Å²) in [5, 5.41) is 4.91. The number of H-pyrrole nitrogens is 1. The zero-order valence-corrected chi connectivity index (χ0v) is 11.8. The Kier molecular flexibility index (Phi) is 3.78. The summed E-state index contributed by atoms with van der Waals surface area (Å²) in [6, 6.07) is 5.80.